The average molecular weight is 211 g/mol. The summed E-state index contributed by atoms with van der Waals surface area (Å²) in [6, 6.07) is 8.38. The van der Waals surface area contributed by atoms with Crippen LogP contribution < -0.4 is 0 Å². The summed E-state index contributed by atoms with van der Waals surface area (Å²) in [5.74, 6) is 0.322. The van der Waals surface area contributed by atoms with Crippen molar-refractivity contribution in [2.45, 2.75) is 26.7 Å². The summed E-state index contributed by atoms with van der Waals surface area (Å²) in [6.07, 6.45) is 1.37. The minimum absolute atomic E-state index is 0.246. The Labute approximate surface area is 90.1 Å². The standard InChI is InChI=1S/C12H15ClO/c1-9-3-5-11(6-4-9)7-10(2)8-12(13)14/h3-6,10H,7-8H2,1-2H3. The van der Waals surface area contributed by atoms with Gasteiger partial charge in [0.2, 0.25) is 5.24 Å². The van der Waals surface area contributed by atoms with E-state index in [0.717, 1.165) is 6.42 Å². The molecule has 1 atom stereocenters. The third-order valence-corrected chi connectivity index (χ3v) is 2.37. The molecule has 0 aromatic heterocycles. The monoisotopic (exact) mass is 210 g/mol. The minimum atomic E-state index is -0.246. The van der Waals surface area contributed by atoms with E-state index in [1.54, 1.807) is 0 Å². The molecule has 1 aromatic carbocycles. The van der Waals surface area contributed by atoms with E-state index >= 15 is 0 Å². The molecule has 0 fully saturated rings. The summed E-state index contributed by atoms with van der Waals surface area (Å²) in [7, 11) is 0. The average Bonchev–Trinajstić information content (AvgIpc) is 2.07. The second kappa shape index (κ2) is 5.16. The van der Waals surface area contributed by atoms with Crippen molar-refractivity contribution in [2.75, 3.05) is 0 Å². The zero-order valence-corrected chi connectivity index (χ0v) is 9.34. The van der Waals surface area contributed by atoms with Crippen molar-refractivity contribution in [3.8, 4) is 0 Å². The van der Waals surface area contributed by atoms with Gasteiger partial charge in [0.05, 0.1) is 0 Å². The molecule has 0 spiro atoms. The number of halogens is 1. The van der Waals surface area contributed by atoms with Crippen molar-refractivity contribution in [2.24, 2.45) is 5.92 Å². The topological polar surface area (TPSA) is 17.1 Å². The Morgan fingerprint density at radius 3 is 2.43 bits per heavy atom. The predicted octanol–water partition coefficient (Wildman–Crippen LogP) is 3.33. The highest BCUT2D eigenvalue weighted by atomic mass is 35.5. The van der Waals surface area contributed by atoms with Gasteiger partial charge in [0.25, 0.3) is 0 Å². The maximum Gasteiger partial charge on any atom is 0.221 e. The van der Waals surface area contributed by atoms with Gasteiger partial charge in [-0.15, -0.1) is 0 Å². The molecular weight excluding hydrogens is 196 g/mol. The number of benzene rings is 1. The summed E-state index contributed by atoms with van der Waals surface area (Å²) in [4.78, 5) is 10.7. The van der Waals surface area contributed by atoms with E-state index < -0.39 is 0 Å². The van der Waals surface area contributed by atoms with Crippen molar-refractivity contribution in [1.82, 2.24) is 0 Å². The van der Waals surface area contributed by atoms with Crippen molar-refractivity contribution in [3.05, 3.63) is 35.4 Å². The molecule has 2 heteroatoms. The van der Waals surface area contributed by atoms with Gasteiger partial charge < -0.3 is 0 Å². The lowest BCUT2D eigenvalue weighted by Gasteiger charge is -2.08. The molecule has 1 unspecified atom stereocenters. The van der Waals surface area contributed by atoms with Gasteiger partial charge in [-0.1, -0.05) is 36.8 Å². The minimum Gasteiger partial charge on any atom is -0.281 e. The maximum absolute atomic E-state index is 10.7. The molecule has 0 aliphatic rings. The highest BCUT2D eigenvalue weighted by Crippen LogP contribution is 2.13. The lowest BCUT2D eigenvalue weighted by Crippen LogP contribution is -2.03. The molecule has 0 saturated carbocycles. The van der Waals surface area contributed by atoms with Gasteiger partial charge in [-0.2, -0.15) is 0 Å². The molecule has 0 amide bonds. The molecule has 0 N–H and O–H groups in total. The van der Waals surface area contributed by atoms with Crippen LogP contribution in [0.4, 0.5) is 0 Å². The van der Waals surface area contributed by atoms with E-state index in [2.05, 4.69) is 31.2 Å². The molecule has 0 aliphatic carbocycles. The largest absolute Gasteiger partial charge is 0.281 e. The van der Waals surface area contributed by atoms with E-state index in [1.807, 2.05) is 6.92 Å². The Morgan fingerprint density at radius 2 is 1.93 bits per heavy atom. The zero-order chi connectivity index (χ0) is 10.6. The van der Waals surface area contributed by atoms with Gasteiger partial charge in [-0.3, -0.25) is 4.79 Å². The fourth-order valence-electron chi connectivity index (χ4n) is 1.47. The van der Waals surface area contributed by atoms with E-state index in [1.165, 1.54) is 11.1 Å². The fraction of sp³-hybridized carbons (Fsp3) is 0.417. The number of hydrogen-bond donors (Lipinski definition) is 0. The lowest BCUT2D eigenvalue weighted by molar-refractivity contribution is -0.112. The van der Waals surface area contributed by atoms with E-state index in [4.69, 9.17) is 11.6 Å². The van der Waals surface area contributed by atoms with E-state index in [0.29, 0.717) is 12.3 Å². The molecule has 76 valence electrons. The van der Waals surface area contributed by atoms with Crippen LogP contribution in [0.2, 0.25) is 0 Å². The van der Waals surface area contributed by atoms with Crippen LogP contribution in [0, 0.1) is 12.8 Å². The smallest absolute Gasteiger partial charge is 0.221 e. The summed E-state index contributed by atoms with van der Waals surface area (Å²) < 4.78 is 0. The number of carbonyl (C=O) groups is 1. The number of carbonyl (C=O) groups excluding carboxylic acids is 1. The summed E-state index contributed by atoms with van der Waals surface area (Å²) >= 11 is 5.33. The summed E-state index contributed by atoms with van der Waals surface area (Å²) in [6.45, 7) is 4.11. The number of rotatable bonds is 4. The van der Waals surface area contributed by atoms with Crippen molar-refractivity contribution in [3.63, 3.8) is 0 Å². The van der Waals surface area contributed by atoms with Gasteiger partial charge in [0.15, 0.2) is 0 Å². The lowest BCUT2D eigenvalue weighted by atomic mass is 9.98. The van der Waals surface area contributed by atoms with Gasteiger partial charge in [-0.05, 0) is 36.4 Å². The third kappa shape index (κ3) is 3.93. The van der Waals surface area contributed by atoms with Gasteiger partial charge >= 0.3 is 0 Å². The van der Waals surface area contributed by atoms with E-state index in [-0.39, 0.29) is 5.24 Å². The maximum atomic E-state index is 10.7. The molecule has 0 saturated heterocycles. The van der Waals surface area contributed by atoms with Crippen LogP contribution in [-0.2, 0) is 11.2 Å². The van der Waals surface area contributed by atoms with Gasteiger partial charge in [-0.25, -0.2) is 0 Å². The Kier molecular flexibility index (Phi) is 4.15. The number of aryl methyl sites for hydroxylation is 1. The summed E-state index contributed by atoms with van der Waals surface area (Å²) in [5, 5.41) is -0.246. The zero-order valence-electron chi connectivity index (χ0n) is 8.59. The first-order valence-corrected chi connectivity index (χ1v) is 5.19. The van der Waals surface area contributed by atoms with Crippen LogP contribution in [-0.4, -0.2) is 5.24 Å². The molecule has 14 heavy (non-hydrogen) atoms. The van der Waals surface area contributed by atoms with Crippen molar-refractivity contribution < 1.29 is 4.79 Å². The third-order valence-electron chi connectivity index (χ3n) is 2.21. The Balaban J connectivity index is 2.51. The van der Waals surface area contributed by atoms with E-state index in [9.17, 15) is 4.79 Å². The van der Waals surface area contributed by atoms with Crippen LogP contribution in [0.25, 0.3) is 0 Å². The molecule has 0 heterocycles. The highest BCUT2D eigenvalue weighted by Gasteiger charge is 2.07. The predicted molar refractivity (Wildman–Crippen MR) is 59.5 cm³/mol. The normalized spacial score (nSPS) is 12.5. The summed E-state index contributed by atoms with van der Waals surface area (Å²) in [5.41, 5.74) is 2.52. The number of hydrogen-bond acceptors (Lipinski definition) is 1. The Morgan fingerprint density at radius 1 is 1.36 bits per heavy atom. The fourth-order valence-corrected chi connectivity index (χ4v) is 1.74. The van der Waals surface area contributed by atoms with Crippen molar-refractivity contribution >= 4 is 16.8 Å². The van der Waals surface area contributed by atoms with Crippen LogP contribution >= 0.6 is 11.6 Å². The molecule has 0 aliphatic heterocycles. The van der Waals surface area contributed by atoms with Crippen LogP contribution in [0.1, 0.15) is 24.5 Å². The highest BCUT2D eigenvalue weighted by molar-refractivity contribution is 6.63. The first-order chi connectivity index (χ1) is 6.58. The Hall–Kier alpha value is -0.820. The molecule has 1 aromatic rings. The molecule has 0 radical (unpaired) electrons. The molecule has 0 bridgehead atoms. The van der Waals surface area contributed by atoms with Gasteiger partial charge in [0, 0.05) is 6.42 Å². The van der Waals surface area contributed by atoms with Crippen LogP contribution in [0.3, 0.4) is 0 Å². The second-order valence-electron chi connectivity index (χ2n) is 3.85. The molecular formula is C12H15ClO. The Bertz CT molecular complexity index is 303. The van der Waals surface area contributed by atoms with Gasteiger partial charge in [0.1, 0.15) is 0 Å². The molecule has 1 nitrogen and oxygen atoms in total. The van der Waals surface area contributed by atoms with Crippen LogP contribution in [0.15, 0.2) is 24.3 Å². The SMILES string of the molecule is Cc1ccc(CC(C)CC(=O)Cl)cc1. The second-order valence-corrected chi connectivity index (χ2v) is 4.28. The first kappa shape index (κ1) is 11.3. The van der Waals surface area contributed by atoms with Crippen LogP contribution in [0.5, 0.6) is 0 Å². The molecule has 1 rings (SSSR count). The first-order valence-electron chi connectivity index (χ1n) is 4.82. The van der Waals surface area contributed by atoms with Crippen molar-refractivity contribution in [1.29, 1.82) is 0 Å². The quantitative estimate of drug-likeness (QED) is 0.697.